The second kappa shape index (κ2) is 8.54. The largest absolute Gasteiger partial charge is 0.365 e. The molecular weight excluding hydrogens is 431 g/mol. The summed E-state index contributed by atoms with van der Waals surface area (Å²) in [5.41, 5.74) is 1.39. The van der Waals surface area contributed by atoms with Gasteiger partial charge in [-0.25, -0.2) is 4.79 Å². The third-order valence-corrected chi connectivity index (χ3v) is 6.21. The van der Waals surface area contributed by atoms with Crippen LogP contribution in [0.3, 0.4) is 0 Å². The molecule has 3 aromatic carbocycles. The van der Waals surface area contributed by atoms with Gasteiger partial charge in [0.25, 0.3) is 0 Å². The molecule has 1 N–H and O–H groups in total. The van der Waals surface area contributed by atoms with Gasteiger partial charge in [0.15, 0.2) is 5.72 Å². The van der Waals surface area contributed by atoms with Gasteiger partial charge in [0.05, 0.1) is 6.04 Å². The molecule has 0 bridgehead atoms. The number of hydrogen-bond donors (Lipinski definition) is 1. The molecule has 1 heterocycles. The highest BCUT2D eigenvalue weighted by molar-refractivity contribution is 6.31. The molecule has 0 radical (unpaired) electrons. The number of urea groups is 1. The van der Waals surface area contributed by atoms with E-state index in [1.807, 2.05) is 50.2 Å². The van der Waals surface area contributed by atoms with Gasteiger partial charge < -0.3 is 5.11 Å². The summed E-state index contributed by atoms with van der Waals surface area (Å²) in [4.78, 5) is 17.0. The van der Waals surface area contributed by atoms with Gasteiger partial charge in [0, 0.05) is 27.0 Å². The third-order valence-electron chi connectivity index (χ3n) is 5.71. The highest BCUT2D eigenvalue weighted by Gasteiger charge is 2.58. The summed E-state index contributed by atoms with van der Waals surface area (Å²) in [5.74, 6) is 0. The molecular formula is C25H24Cl2N2O2. The molecule has 0 spiro atoms. The van der Waals surface area contributed by atoms with Crippen LogP contribution in [-0.4, -0.2) is 17.2 Å². The van der Waals surface area contributed by atoms with Crippen molar-refractivity contribution in [2.45, 2.75) is 38.5 Å². The number of amides is 2. The Kier molecular flexibility index (Phi) is 5.98. The lowest BCUT2D eigenvalue weighted by molar-refractivity contribution is 0.0289. The zero-order valence-corrected chi connectivity index (χ0v) is 18.9. The fourth-order valence-corrected chi connectivity index (χ4v) is 4.56. The van der Waals surface area contributed by atoms with Crippen LogP contribution in [0, 0.1) is 6.92 Å². The summed E-state index contributed by atoms with van der Waals surface area (Å²) >= 11 is 12.2. The van der Waals surface area contributed by atoms with Gasteiger partial charge in [-0.2, -0.15) is 0 Å². The van der Waals surface area contributed by atoms with Gasteiger partial charge in [-0.05, 0) is 61.9 Å². The molecule has 1 aliphatic rings. The predicted molar refractivity (Wildman–Crippen MR) is 127 cm³/mol. The number of benzene rings is 3. The number of aryl methyl sites for hydroxylation is 1. The van der Waals surface area contributed by atoms with Gasteiger partial charge in [0.2, 0.25) is 0 Å². The van der Waals surface area contributed by atoms with Gasteiger partial charge in [-0.3, -0.25) is 9.80 Å². The minimum Gasteiger partial charge on any atom is -0.365 e. The molecule has 1 aliphatic heterocycles. The van der Waals surface area contributed by atoms with Crippen LogP contribution >= 0.6 is 23.2 Å². The van der Waals surface area contributed by atoms with E-state index in [9.17, 15) is 9.90 Å². The molecule has 4 rings (SSSR count). The number of carbonyl (C=O) groups excluding carboxylic acids is 1. The Balaban J connectivity index is 1.95. The lowest BCUT2D eigenvalue weighted by atomic mass is 9.90. The summed E-state index contributed by atoms with van der Waals surface area (Å²) in [7, 11) is 0. The van der Waals surface area contributed by atoms with Crippen LogP contribution in [0.4, 0.5) is 16.2 Å². The van der Waals surface area contributed by atoms with E-state index in [4.69, 9.17) is 23.2 Å². The number of anilines is 2. The molecule has 31 heavy (non-hydrogen) atoms. The molecule has 1 unspecified atom stereocenters. The fourth-order valence-electron chi connectivity index (χ4n) is 4.30. The first-order valence-corrected chi connectivity index (χ1v) is 11.1. The summed E-state index contributed by atoms with van der Waals surface area (Å²) in [6.07, 6.45) is 1.41. The zero-order valence-electron chi connectivity index (χ0n) is 17.4. The molecule has 0 aromatic heterocycles. The maximum absolute atomic E-state index is 13.9. The van der Waals surface area contributed by atoms with Crippen LogP contribution in [0.1, 0.15) is 30.9 Å². The van der Waals surface area contributed by atoms with E-state index in [1.54, 1.807) is 41.3 Å². The SMILES string of the molecule is CCC[C@H]1N(c2ccc(Cl)cc2)C(=O)N(c2ccc(Cl)cc2)C1(O)c1cccc(C)c1. The van der Waals surface area contributed by atoms with Crippen molar-refractivity contribution < 1.29 is 9.90 Å². The topological polar surface area (TPSA) is 43.8 Å². The molecule has 3 aromatic rings. The van der Waals surface area contributed by atoms with Gasteiger partial charge >= 0.3 is 6.03 Å². The first kappa shape index (κ1) is 21.7. The average molecular weight is 455 g/mol. The first-order valence-electron chi connectivity index (χ1n) is 10.3. The number of carbonyl (C=O) groups is 1. The van der Waals surface area contributed by atoms with Crippen molar-refractivity contribution in [3.63, 3.8) is 0 Å². The molecule has 4 nitrogen and oxygen atoms in total. The van der Waals surface area contributed by atoms with E-state index in [0.717, 1.165) is 12.0 Å². The van der Waals surface area contributed by atoms with Crippen LogP contribution in [0.25, 0.3) is 0 Å². The Bertz CT molecular complexity index is 1090. The van der Waals surface area contributed by atoms with Crippen LogP contribution < -0.4 is 9.80 Å². The molecule has 2 amide bonds. The third kappa shape index (κ3) is 3.80. The lowest BCUT2D eigenvalue weighted by Gasteiger charge is -2.37. The quantitative estimate of drug-likeness (QED) is 0.462. The van der Waals surface area contributed by atoms with E-state index in [-0.39, 0.29) is 6.03 Å². The van der Waals surface area contributed by atoms with Crippen LogP contribution in [0.15, 0.2) is 72.8 Å². The van der Waals surface area contributed by atoms with Crippen LogP contribution in [0.5, 0.6) is 0 Å². The molecule has 6 heteroatoms. The van der Waals surface area contributed by atoms with E-state index in [2.05, 4.69) is 0 Å². The fraction of sp³-hybridized carbons (Fsp3) is 0.240. The van der Waals surface area contributed by atoms with Gasteiger partial charge in [-0.1, -0.05) is 66.4 Å². The zero-order chi connectivity index (χ0) is 22.2. The lowest BCUT2D eigenvalue weighted by Crippen LogP contribution is -2.49. The van der Waals surface area contributed by atoms with Crippen molar-refractivity contribution in [1.82, 2.24) is 0 Å². The summed E-state index contributed by atoms with van der Waals surface area (Å²) in [6.45, 7) is 4.02. The summed E-state index contributed by atoms with van der Waals surface area (Å²) in [5, 5.41) is 13.5. The highest BCUT2D eigenvalue weighted by atomic mass is 35.5. The second-order valence-electron chi connectivity index (χ2n) is 7.84. The standard InChI is InChI=1S/C25H24Cl2N2O2/c1-3-5-23-25(31,18-7-4-6-17(2)16-18)29(22-14-10-20(27)11-15-22)24(30)28(23)21-12-8-19(26)9-13-21/h4,6-16,23,31H,3,5H2,1-2H3/t23-,25?/m1/s1. The van der Waals surface area contributed by atoms with E-state index < -0.39 is 11.8 Å². The monoisotopic (exact) mass is 454 g/mol. The number of hydrogen-bond acceptors (Lipinski definition) is 2. The van der Waals surface area contributed by atoms with Crippen LogP contribution in [0.2, 0.25) is 10.0 Å². The Labute approximate surface area is 192 Å². The molecule has 1 fully saturated rings. The molecule has 0 saturated carbocycles. The van der Waals surface area contributed by atoms with Gasteiger partial charge in [0.1, 0.15) is 0 Å². The predicted octanol–water partition coefficient (Wildman–Crippen LogP) is 6.76. The molecule has 0 aliphatic carbocycles. The van der Waals surface area contributed by atoms with Crippen molar-refractivity contribution >= 4 is 40.6 Å². The van der Waals surface area contributed by atoms with E-state index in [0.29, 0.717) is 33.4 Å². The summed E-state index contributed by atoms with van der Waals surface area (Å²) in [6, 6.07) is 21.0. The minimum atomic E-state index is -1.56. The highest BCUT2D eigenvalue weighted by Crippen LogP contribution is 2.46. The Morgan fingerprint density at radius 2 is 1.52 bits per heavy atom. The van der Waals surface area contributed by atoms with Gasteiger partial charge in [-0.15, -0.1) is 0 Å². The average Bonchev–Trinajstić information content (AvgIpc) is 2.97. The Hall–Kier alpha value is -2.53. The Morgan fingerprint density at radius 1 is 0.935 bits per heavy atom. The Morgan fingerprint density at radius 3 is 2.06 bits per heavy atom. The number of nitrogens with zero attached hydrogens (tertiary/aromatic N) is 2. The number of aliphatic hydroxyl groups is 1. The van der Waals surface area contributed by atoms with E-state index in [1.165, 1.54) is 4.90 Å². The smallest absolute Gasteiger partial charge is 0.332 e. The second-order valence-corrected chi connectivity index (χ2v) is 8.71. The van der Waals surface area contributed by atoms with Crippen molar-refractivity contribution in [3.8, 4) is 0 Å². The van der Waals surface area contributed by atoms with E-state index >= 15 is 0 Å². The molecule has 1 saturated heterocycles. The summed E-state index contributed by atoms with van der Waals surface area (Å²) < 4.78 is 0. The maximum atomic E-state index is 13.9. The van der Waals surface area contributed by atoms with Crippen molar-refractivity contribution in [3.05, 3.63) is 94.0 Å². The number of rotatable bonds is 5. The maximum Gasteiger partial charge on any atom is 0.332 e. The molecule has 160 valence electrons. The van der Waals surface area contributed by atoms with Crippen molar-refractivity contribution in [2.24, 2.45) is 0 Å². The van der Waals surface area contributed by atoms with Crippen LogP contribution in [-0.2, 0) is 5.72 Å². The minimum absolute atomic E-state index is 0.299. The first-order chi connectivity index (χ1) is 14.9. The number of halogens is 2. The van der Waals surface area contributed by atoms with Crippen molar-refractivity contribution in [2.75, 3.05) is 9.80 Å². The normalized spacial score (nSPS) is 21.1. The van der Waals surface area contributed by atoms with Crippen molar-refractivity contribution in [1.29, 1.82) is 0 Å². The molecule has 2 atom stereocenters.